The number of amidine groups is 1. The highest BCUT2D eigenvalue weighted by Gasteiger charge is 2.05. The molecule has 88 valence electrons. The van der Waals surface area contributed by atoms with Crippen LogP contribution < -0.4 is 10.5 Å². The summed E-state index contributed by atoms with van der Waals surface area (Å²) in [7, 11) is 0. The molecule has 7 heteroatoms. The molecular weight excluding hydrogens is 224 g/mol. The molecule has 0 fully saturated rings. The van der Waals surface area contributed by atoms with Gasteiger partial charge in [-0.1, -0.05) is 5.16 Å². The van der Waals surface area contributed by atoms with Crippen LogP contribution >= 0.6 is 0 Å². The van der Waals surface area contributed by atoms with E-state index in [1.165, 1.54) is 12.3 Å². The van der Waals surface area contributed by atoms with Crippen LogP contribution in [0.25, 0.3) is 0 Å². The molecule has 0 bridgehead atoms. The SMILES string of the molecule is N/C(=N/O)c1ccnc(OCc2ccco2)n1. The van der Waals surface area contributed by atoms with Crippen molar-refractivity contribution < 1.29 is 14.4 Å². The Labute approximate surface area is 96.5 Å². The molecule has 0 aliphatic heterocycles. The lowest BCUT2D eigenvalue weighted by Gasteiger charge is -2.03. The van der Waals surface area contributed by atoms with Crippen molar-refractivity contribution in [2.75, 3.05) is 0 Å². The number of rotatable bonds is 4. The Morgan fingerprint density at radius 3 is 3.12 bits per heavy atom. The summed E-state index contributed by atoms with van der Waals surface area (Å²) < 4.78 is 10.4. The Morgan fingerprint density at radius 1 is 1.53 bits per heavy atom. The number of ether oxygens (including phenoxy) is 1. The van der Waals surface area contributed by atoms with E-state index < -0.39 is 0 Å². The fraction of sp³-hybridized carbons (Fsp3) is 0.100. The molecule has 2 aromatic rings. The van der Waals surface area contributed by atoms with Crippen molar-refractivity contribution in [3.05, 3.63) is 42.1 Å². The summed E-state index contributed by atoms with van der Waals surface area (Å²) in [6.07, 6.45) is 3.00. The van der Waals surface area contributed by atoms with E-state index in [1.807, 2.05) is 0 Å². The summed E-state index contributed by atoms with van der Waals surface area (Å²) >= 11 is 0. The number of nitrogens with two attached hydrogens (primary N) is 1. The Bertz CT molecular complexity index is 510. The third kappa shape index (κ3) is 2.71. The van der Waals surface area contributed by atoms with Gasteiger partial charge in [-0.15, -0.1) is 0 Å². The third-order valence-corrected chi connectivity index (χ3v) is 1.93. The maximum absolute atomic E-state index is 8.51. The first kappa shape index (κ1) is 10.9. The lowest BCUT2D eigenvalue weighted by molar-refractivity contribution is 0.249. The zero-order valence-corrected chi connectivity index (χ0v) is 8.78. The quantitative estimate of drug-likeness (QED) is 0.350. The minimum absolute atomic E-state index is 0.102. The average molecular weight is 234 g/mol. The number of hydrogen-bond donors (Lipinski definition) is 2. The van der Waals surface area contributed by atoms with Crippen molar-refractivity contribution >= 4 is 5.84 Å². The van der Waals surface area contributed by atoms with Crippen LogP contribution in [0.4, 0.5) is 0 Å². The maximum atomic E-state index is 8.51. The average Bonchev–Trinajstić information content (AvgIpc) is 2.89. The van der Waals surface area contributed by atoms with Gasteiger partial charge in [0.1, 0.15) is 18.1 Å². The molecule has 2 rings (SSSR count). The van der Waals surface area contributed by atoms with Crippen molar-refractivity contribution in [1.82, 2.24) is 9.97 Å². The van der Waals surface area contributed by atoms with E-state index in [2.05, 4.69) is 15.1 Å². The zero-order chi connectivity index (χ0) is 12.1. The summed E-state index contributed by atoms with van der Waals surface area (Å²) in [5, 5.41) is 11.3. The van der Waals surface area contributed by atoms with Gasteiger partial charge in [-0.3, -0.25) is 0 Å². The summed E-state index contributed by atoms with van der Waals surface area (Å²) in [5.41, 5.74) is 5.68. The molecule has 2 aromatic heterocycles. The van der Waals surface area contributed by atoms with Crippen LogP contribution in [0.5, 0.6) is 6.01 Å². The molecule has 0 aromatic carbocycles. The molecule has 3 N–H and O–H groups in total. The van der Waals surface area contributed by atoms with Crippen LogP contribution in [0.3, 0.4) is 0 Å². The number of aromatic nitrogens is 2. The molecule has 0 saturated heterocycles. The van der Waals surface area contributed by atoms with Gasteiger partial charge in [-0.05, 0) is 18.2 Å². The van der Waals surface area contributed by atoms with Gasteiger partial charge in [0, 0.05) is 6.20 Å². The maximum Gasteiger partial charge on any atom is 0.317 e. The van der Waals surface area contributed by atoms with Crippen LogP contribution in [-0.2, 0) is 6.61 Å². The van der Waals surface area contributed by atoms with Crippen molar-refractivity contribution in [1.29, 1.82) is 0 Å². The van der Waals surface area contributed by atoms with Gasteiger partial charge in [-0.25, -0.2) is 4.98 Å². The van der Waals surface area contributed by atoms with Gasteiger partial charge in [0.05, 0.1) is 6.26 Å². The topological polar surface area (TPSA) is 107 Å². The van der Waals surface area contributed by atoms with Crippen LogP contribution in [0.15, 0.2) is 40.2 Å². The Morgan fingerprint density at radius 2 is 2.41 bits per heavy atom. The van der Waals surface area contributed by atoms with Gasteiger partial charge in [0.15, 0.2) is 5.84 Å². The minimum atomic E-state index is -0.102. The number of furan rings is 1. The van der Waals surface area contributed by atoms with Crippen molar-refractivity contribution in [3.8, 4) is 6.01 Å². The first-order chi connectivity index (χ1) is 8.29. The second-order valence-electron chi connectivity index (χ2n) is 3.08. The Kier molecular flexibility index (Phi) is 3.20. The van der Waals surface area contributed by atoms with E-state index in [-0.39, 0.29) is 24.1 Å². The van der Waals surface area contributed by atoms with Crippen molar-refractivity contribution in [2.24, 2.45) is 10.9 Å². The molecule has 17 heavy (non-hydrogen) atoms. The van der Waals surface area contributed by atoms with Gasteiger partial charge in [-0.2, -0.15) is 4.98 Å². The van der Waals surface area contributed by atoms with E-state index in [9.17, 15) is 0 Å². The van der Waals surface area contributed by atoms with E-state index in [0.29, 0.717) is 5.76 Å². The van der Waals surface area contributed by atoms with E-state index in [1.54, 1.807) is 18.4 Å². The molecular formula is C10H10N4O3. The molecule has 0 radical (unpaired) electrons. The number of oxime groups is 1. The predicted octanol–water partition coefficient (Wildman–Crippen LogP) is 0.743. The summed E-state index contributed by atoms with van der Waals surface area (Å²) in [6.45, 7) is 0.215. The van der Waals surface area contributed by atoms with Crippen LogP contribution in [0, 0.1) is 0 Å². The summed E-state index contributed by atoms with van der Waals surface area (Å²) in [5.74, 6) is 0.554. The van der Waals surface area contributed by atoms with Gasteiger partial charge in [0.25, 0.3) is 0 Å². The van der Waals surface area contributed by atoms with E-state index in [0.717, 1.165) is 0 Å². The molecule has 0 atom stereocenters. The lowest BCUT2D eigenvalue weighted by Crippen LogP contribution is -2.15. The monoisotopic (exact) mass is 234 g/mol. The molecule has 2 heterocycles. The first-order valence-corrected chi connectivity index (χ1v) is 4.75. The van der Waals surface area contributed by atoms with Crippen molar-refractivity contribution in [3.63, 3.8) is 0 Å². The highest BCUT2D eigenvalue weighted by molar-refractivity contribution is 5.95. The van der Waals surface area contributed by atoms with Crippen LogP contribution in [-0.4, -0.2) is 21.0 Å². The summed E-state index contributed by atoms with van der Waals surface area (Å²) in [4.78, 5) is 7.84. The highest BCUT2D eigenvalue weighted by atomic mass is 16.5. The predicted molar refractivity (Wildman–Crippen MR) is 57.6 cm³/mol. The molecule has 0 aliphatic rings. The second-order valence-corrected chi connectivity index (χ2v) is 3.08. The molecule has 7 nitrogen and oxygen atoms in total. The second kappa shape index (κ2) is 4.97. The zero-order valence-electron chi connectivity index (χ0n) is 8.78. The molecule has 0 amide bonds. The third-order valence-electron chi connectivity index (χ3n) is 1.93. The Balaban J connectivity index is 2.06. The fourth-order valence-corrected chi connectivity index (χ4v) is 1.13. The Hall–Kier alpha value is -2.57. The van der Waals surface area contributed by atoms with E-state index in [4.69, 9.17) is 20.1 Å². The first-order valence-electron chi connectivity index (χ1n) is 4.75. The number of nitrogens with zero attached hydrogens (tertiary/aromatic N) is 3. The molecule has 0 unspecified atom stereocenters. The largest absolute Gasteiger partial charge is 0.466 e. The minimum Gasteiger partial charge on any atom is -0.466 e. The van der Waals surface area contributed by atoms with Gasteiger partial charge in [0.2, 0.25) is 0 Å². The van der Waals surface area contributed by atoms with Crippen LogP contribution in [0.1, 0.15) is 11.5 Å². The lowest BCUT2D eigenvalue weighted by atomic mass is 10.4. The van der Waals surface area contributed by atoms with Gasteiger partial charge >= 0.3 is 6.01 Å². The van der Waals surface area contributed by atoms with E-state index >= 15 is 0 Å². The molecule has 0 spiro atoms. The molecule has 0 saturated carbocycles. The number of hydrogen-bond acceptors (Lipinski definition) is 6. The highest BCUT2D eigenvalue weighted by Crippen LogP contribution is 2.07. The normalized spacial score (nSPS) is 11.4. The standard InChI is InChI=1S/C10H10N4O3/c11-9(14-15)8-3-4-12-10(13-8)17-6-7-2-1-5-16-7/h1-5,15H,6H2,(H2,11,14). The van der Waals surface area contributed by atoms with Gasteiger partial charge < -0.3 is 20.1 Å². The van der Waals surface area contributed by atoms with Crippen LogP contribution in [0.2, 0.25) is 0 Å². The smallest absolute Gasteiger partial charge is 0.317 e. The fourth-order valence-electron chi connectivity index (χ4n) is 1.13. The summed E-state index contributed by atoms with van der Waals surface area (Å²) in [6, 6.07) is 5.17. The molecule has 0 aliphatic carbocycles. The van der Waals surface area contributed by atoms with Crippen molar-refractivity contribution in [2.45, 2.75) is 6.61 Å².